The summed E-state index contributed by atoms with van der Waals surface area (Å²) in [6.45, 7) is 2.48. The largest absolute Gasteiger partial charge is 0.489 e. The third-order valence-electron chi connectivity index (χ3n) is 5.59. The van der Waals surface area contributed by atoms with Crippen LogP contribution >= 0.6 is 0 Å². The summed E-state index contributed by atoms with van der Waals surface area (Å²) in [5, 5.41) is 8.94. The van der Waals surface area contributed by atoms with Crippen LogP contribution in [-0.4, -0.2) is 18.4 Å². The first-order valence-electron chi connectivity index (χ1n) is 11.8. The minimum absolute atomic E-state index is 0.0730. The molecule has 0 radical (unpaired) electrons. The zero-order valence-electron chi connectivity index (χ0n) is 20.1. The molecule has 0 bridgehead atoms. The Morgan fingerprint density at radius 2 is 1.47 bits per heavy atom. The van der Waals surface area contributed by atoms with Crippen LogP contribution in [0.3, 0.4) is 0 Å². The molecule has 36 heavy (non-hydrogen) atoms. The lowest BCUT2D eigenvalue weighted by molar-refractivity contribution is -0.114. The Bertz CT molecular complexity index is 1290. The third-order valence-corrected chi connectivity index (χ3v) is 5.59. The van der Waals surface area contributed by atoms with Crippen molar-refractivity contribution in [1.82, 2.24) is 5.32 Å². The van der Waals surface area contributed by atoms with E-state index in [9.17, 15) is 9.59 Å². The maximum atomic E-state index is 12.7. The topological polar surface area (TPSA) is 79.5 Å². The molecule has 0 saturated heterocycles. The molecule has 4 aromatic carbocycles. The van der Waals surface area contributed by atoms with Crippen LogP contribution in [0.15, 0.2) is 109 Å². The van der Waals surface area contributed by atoms with E-state index in [1.807, 2.05) is 91.9 Å². The van der Waals surface area contributed by atoms with Crippen LogP contribution in [0.5, 0.6) is 5.75 Å². The van der Waals surface area contributed by atoms with Crippen LogP contribution in [0, 0.1) is 0 Å². The van der Waals surface area contributed by atoms with E-state index < -0.39 is 0 Å². The number of rotatable bonds is 10. The van der Waals surface area contributed by atoms with Gasteiger partial charge in [-0.1, -0.05) is 72.8 Å². The van der Waals surface area contributed by atoms with Crippen LogP contribution in [-0.2, 0) is 11.4 Å². The Balaban J connectivity index is 1.28. The van der Waals surface area contributed by atoms with Crippen LogP contribution in [0.1, 0.15) is 34.5 Å². The second-order valence-corrected chi connectivity index (χ2v) is 8.39. The van der Waals surface area contributed by atoms with Crippen molar-refractivity contribution >= 4 is 23.2 Å². The fourth-order valence-electron chi connectivity index (χ4n) is 3.67. The van der Waals surface area contributed by atoms with Gasteiger partial charge in [-0.15, -0.1) is 0 Å². The van der Waals surface area contributed by atoms with E-state index >= 15 is 0 Å². The van der Waals surface area contributed by atoms with E-state index in [0.29, 0.717) is 23.6 Å². The summed E-state index contributed by atoms with van der Waals surface area (Å²) >= 11 is 0. The van der Waals surface area contributed by atoms with Crippen molar-refractivity contribution in [3.05, 3.63) is 126 Å². The van der Waals surface area contributed by atoms with Crippen molar-refractivity contribution in [2.45, 2.75) is 19.6 Å². The summed E-state index contributed by atoms with van der Waals surface area (Å²) in [4.78, 5) is 25.2. The van der Waals surface area contributed by atoms with Crippen molar-refractivity contribution < 1.29 is 14.3 Å². The van der Waals surface area contributed by atoms with Crippen molar-refractivity contribution in [1.29, 1.82) is 0 Å². The molecule has 4 aromatic rings. The standard InChI is InChI=1S/C30H29N3O3/c1-22(24-12-6-3-7-13-24)32-30(35)25-14-8-16-27(18-25)33-29(34)20-31-26-15-9-17-28(19-26)36-21-23-10-4-2-5-11-23/h2-19,22,31H,20-21H2,1H3,(H,32,35)(H,33,34). The molecule has 0 heterocycles. The summed E-state index contributed by atoms with van der Waals surface area (Å²) in [6.07, 6.45) is 0. The zero-order valence-corrected chi connectivity index (χ0v) is 20.1. The Hall–Kier alpha value is -4.58. The van der Waals surface area contributed by atoms with Crippen LogP contribution in [0.25, 0.3) is 0 Å². The van der Waals surface area contributed by atoms with E-state index in [0.717, 1.165) is 16.8 Å². The predicted molar refractivity (Wildman–Crippen MR) is 143 cm³/mol. The molecule has 2 amide bonds. The van der Waals surface area contributed by atoms with Gasteiger partial charge in [-0.05, 0) is 48.4 Å². The fourth-order valence-corrected chi connectivity index (χ4v) is 3.67. The first-order valence-corrected chi connectivity index (χ1v) is 11.8. The van der Waals surface area contributed by atoms with Gasteiger partial charge < -0.3 is 20.7 Å². The lowest BCUT2D eigenvalue weighted by atomic mass is 10.1. The summed E-state index contributed by atoms with van der Waals surface area (Å²) in [5.74, 6) is 0.293. The van der Waals surface area contributed by atoms with Gasteiger partial charge in [-0.25, -0.2) is 0 Å². The van der Waals surface area contributed by atoms with Crippen molar-refractivity contribution in [2.75, 3.05) is 17.2 Å². The quantitative estimate of drug-likeness (QED) is 0.268. The summed E-state index contributed by atoms with van der Waals surface area (Å²) < 4.78 is 5.85. The molecular formula is C30H29N3O3. The molecule has 6 nitrogen and oxygen atoms in total. The average Bonchev–Trinajstić information content (AvgIpc) is 2.92. The SMILES string of the molecule is CC(NC(=O)c1cccc(NC(=O)CNc2cccc(OCc3ccccc3)c2)c1)c1ccccc1. The Labute approximate surface area is 211 Å². The Morgan fingerprint density at radius 3 is 2.25 bits per heavy atom. The molecule has 4 rings (SSSR count). The predicted octanol–water partition coefficient (Wildman–Crippen LogP) is 5.81. The molecule has 182 valence electrons. The highest BCUT2D eigenvalue weighted by Gasteiger charge is 2.12. The summed E-state index contributed by atoms with van der Waals surface area (Å²) in [7, 11) is 0. The van der Waals surface area contributed by atoms with E-state index in [-0.39, 0.29) is 24.4 Å². The monoisotopic (exact) mass is 479 g/mol. The van der Waals surface area contributed by atoms with E-state index in [1.165, 1.54) is 0 Å². The Morgan fingerprint density at radius 1 is 0.778 bits per heavy atom. The molecule has 6 heteroatoms. The second kappa shape index (κ2) is 12.2. The number of nitrogens with one attached hydrogen (secondary N) is 3. The number of hydrogen-bond acceptors (Lipinski definition) is 4. The van der Waals surface area contributed by atoms with Gasteiger partial charge in [-0.2, -0.15) is 0 Å². The smallest absolute Gasteiger partial charge is 0.251 e. The molecule has 0 aliphatic heterocycles. The summed E-state index contributed by atoms with van der Waals surface area (Å²) in [5.41, 5.74) is 3.92. The second-order valence-electron chi connectivity index (χ2n) is 8.39. The highest BCUT2D eigenvalue weighted by Crippen LogP contribution is 2.19. The fraction of sp³-hybridized carbons (Fsp3) is 0.133. The van der Waals surface area contributed by atoms with Gasteiger partial charge in [0.25, 0.3) is 5.91 Å². The van der Waals surface area contributed by atoms with Gasteiger partial charge in [0.15, 0.2) is 0 Å². The molecule has 1 atom stereocenters. The highest BCUT2D eigenvalue weighted by atomic mass is 16.5. The van der Waals surface area contributed by atoms with Gasteiger partial charge in [0.1, 0.15) is 12.4 Å². The molecule has 0 aliphatic rings. The van der Waals surface area contributed by atoms with Gasteiger partial charge >= 0.3 is 0 Å². The lowest BCUT2D eigenvalue weighted by Crippen LogP contribution is -2.27. The number of amides is 2. The number of anilines is 2. The van der Waals surface area contributed by atoms with Crippen LogP contribution in [0.2, 0.25) is 0 Å². The van der Waals surface area contributed by atoms with Crippen LogP contribution < -0.4 is 20.7 Å². The molecule has 1 unspecified atom stereocenters. The van der Waals surface area contributed by atoms with Crippen molar-refractivity contribution in [3.63, 3.8) is 0 Å². The Kier molecular flexibility index (Phi) is 8.33. The number of carbonyl (C=O) groups excluding carboxylic acids is 2. The van der Waals surface area contributed by atoms with E-state index in [4.69, 9.17) is 4.74 Å². The lowest BCUT2D eigenvalue weighted by Gasteiger charge is -2.15. The minimum atomic E-state index is -0.221. The molecule has 0 fully saturated rings. The van der Waals surface area contributed by atoms with Crippen molar-refractivity contribution in [3.8, 4) is 5.75 Å². The summed E-state index contributed by atoms with van der Waals surface area (Å²) in [6, 6.07) is 34.0. The van der Waals surface area contributed by atoms with Gasteiger partial charge in [0.2, 0.25) is 5.91 Å². The normalized spacial score (nSPS) is 11.2. The average molecular weight is 480 g/mol. The molecule has 0 spiro atoms. The molecule has 0 aliphatic carbocycles. The van der Waals surface area contributed by atoms with E-state index in [1.54, 1.807) is 24.3 Å². The number of hydrogen-bond donors (Lipinski definition) is 3. The van der Waals surface area contributed by atoms with E-state index in [2.05, 4.69) is 16.0 Å². The number of benzene rings is 4. The minimum Gasteiger partial charge on any atom is -0.489 e. The van der Waals surface area contributed by atoms with Crippen molar-refractivity contribution in [2.24, 2.45) is 0 Å². The maximum absolute atomic E-state index is 12.7. The molecule has 0 aromatic heterocycles. The highest BCUT2D eigenvalue weighted by molar-refractivity contribution is 5.98. The number of ether oxygens (including phenoxy) is 1. The molecule has 0 saturated carbocycles. The maximum Gasteiger partial charge on any atom is 0.251 e. The number of carbonyl (C=O) groups is 2. The van der Waals surface area contributed by atoms with Gasteiger partial charge in [-0.3, -0.25) is 9.59 Å². The zero-order chi connectivity index (χ0) is 25.2. The first-order chi connectivity index (χ1) is 17.6. The van der Waals surface area contributed by atoms with Crippen LogP contribution in [0.4, 0.5) is 11.4 Å². The van der Waals surface area contributed by atoms with Gasteiger partial charge in [0.05, 0.1) is 12.6 Å². The first kappa shape index (κ1) is 24.5. The third kappa shape index (κ3) is 7.21. The molecule has 3 N–H and O–H groups in total. The van der Waals surface area contributed by atoms with Gasteiger partial charge in [0, 0.05) is 23.0 Å². The molecular weight excluding hydrogens is 450 g/mol.